The highest BCUT2D eigenvalue weighted by Crippen LogP contribution is 2.20. The molecule has 124 valence electrons. The minimum atomic E-state index is -0.380. The van der Waals surface area contributed by atoms with Crippen molar-refractivity contribution >= 4 is 5.91 Å². The van der Waals surface area contributed by atoms with Crippen LogP contribution in [0.3, 0.4) is 0 Å². The second-order valence-corrected chi connectivity index (χ2v) is 5.35. The van der Waals surface area contributed by atoms with Gasteiger partial charge in [0.1, 0.15) is 11.3 Å². The maximum Gasteiger partial charge on any atom is 0.260 e. The summed E-state index contributed by atoms with van der Waals surface area (Å²) < 4.78 is 5.50. The number of furan rings is 1. The zero-order valence-corrected chi connectivity index (χ0v) is 13.8. The number of nitrogens with one attached hydrogen (secondary N) is 2. The first-order valence-electron chi connectivity index (χ1n) is 7.82. The fourth-order valence-electron chi connectivity index (χ4n) is 2.59. The van der Waals surface area contributed by atoms with Crippen molar-refractivity contribution in [2.75, 3.05) is 19.6 Å². The van der Waals surface area contributed by atoms with Gasteiger partial charge >= 0.3 is 0 Å². The number of amides is 1. The molecule has 0 saturated heterocycles. The standard InChI is InChI=1S/C17H23N3O3/c1-4-20(5-2)14(15-7-6-10-23-15)11-18-16(21)13-9-8-12(3)19-17(13)22/h6-10,14H,4-5,11H2,1-3H3,(H,18,21)(H,19,22)/t14-/m0/s1. The van der Waals surface area contributed by atoms with Crippen LogP contribution in [0.5, 0.6) is 0 Å². The van der Waals surface area contributed by atoms with Crippen molar-refractivity contribution in [3.05, 3.63) is 57.9 Å². The Morgan fingerprint density at radius 1 is 1.30 bits per heavy atom. The number of aromatic nitrogens is 1. The molecule has 0 bridgehead atoms. The zero-order valence-electron chi connectivity index (χ0n) is 13.8. The van der Waals surface area contributed by atoms with Gasteiger partial charge in [0.25, 0.3) is 11.5 Å². The molecule has 0 aliphatic carbocycles. The maximum absolute atomic E-state index is 12.3. The predicted octanol–water partition coefficient (Wildman–Crippen LogP) is 2.09. The number of hydrogen-bond acceptors (Lipinski definition) is 4. The van der Waals surface area contributed by atoms with E-state index in [2.05, 4.69) is 29.0 Å². The van der Waals surface area contributed by atoms with Crippen molar-refractivity contribution in [1.82, 2.24) is 15.2 Å². The minimum Gasteiger partial charge on any atom is -0.468 e. The number of likely N-dealkylation sites (N-methyl/N-ethyl adjacent to an activating group) is 1. The smallest absolute Gasteiger partial charge is 0.260 e. The maximum atomic E-state index is 12.3. The summed E-state index contributed by atoms with van der Waals surface area (Å²) >= 11 is 0. The molecule has 0 radical (unpaired) electrons. The molecule has 0 aliphatic heterocycles. The van der Waals surface area contributed by atoms with Crippen LogP contribution < -0.4 is 10.9 Å². The van der Waals surface area contributed by atoms with E-state index in [9.17, 15) is 9.59 Å². The number of nitrogens with zero attached hydrogens (tertiary/aromatic N) is 1. The lowest BCUT2D eigenvalue weighted by Crippen LogP contribution is -2.39. The fraction of sp³-hybridized carbons (Fsp3) is 0.412. The van der Waals surface area contributed by atoms with Crippen molar-refractivity contribution in [3.8, 4) is 0 Å². The molecule has 0 aliphatic rings. The molecule has 0 saturated carbocycles. The van der Waals surface area contributed by atoms with Crippen LogP contribution in [-0.2, 0) is 0 Å². The second-order valence-electron chi connectivity index (χ2n) is 5.35. The Hall–Kier alpha value is -2.34. The number of aryl methyl sites for hydroxylation is 1. The van der Waals surface area contributed by atoms with E-state index in [1.807, 2.05) is 12.1 Å². The predicted molar refractivity (Wildman–Crippen MR) is 88.5 cm³/mol. The highest BCUT2D eigenvalue weighted by Gasteiger charge is 2.22. The van der Waals surface area contributed by atoms with E-state index in [0.29, 0.717) is 6.54 Å². The Bertz CT molecular complexity index is 687. The van der Waals surface area contributed by atoms with Crippen LogP contribution >= 0.6 is 0 Å². The highest BCUT2D eigenvalue weighted by atomic mass is 16.3. The van der Waals surface area contributed by atoms with Crippen LogP contribution in [0.25, 0.3) is 0 Å². The van der Waals surface area contributed by atoms with Gasteiger partial charge in [-0.3, -0.25) is 14.5 Å². The first kappa shape index (κ1) is 17.0. The normalized spacial score (nSPS) is 12.3. The second kappa shape index (κ2) is 7.78. The summed E-state index contributed by atoms with van der Waals surface area (Å²) in [6.45, 7) is 7.95. The molecule has 0 aromatic carbocycles. The van der Waals surface area contributed by atoms with Gasteiger partial charge in [0, 0.05) is 12.2 Å². The third-order valence-corrected chi connectivity index (χ3v) is 3.88. The fourth-order valence-corrected chi connectivity index (χ4v) is 2.59. The molecule has 6 heteroatoms. The number of H-pyrrole nitrogens is 1. The lowest BCUT2D eigenvalue weighted by Gasteiger charge is -2.28. The van der Waals surface area contributed by atoms with Crippen LogP contribution in [-0.4, -0.2) is 35.4 Å². The Morgan fingerprint density at radius 3 is 2.61 bits per heavy atom. The number of rotatable bonds is 7. The number of hydrogen-bond donors (Lipinski definition) is 2. The first-order chi connectivity index (χ1) is 11.1. The molecule has 2 heterocycles. The SMILES string of the molecule is CCN(CC)[C@@H](CNC(=O)c1ccc(C)[nH]c1=O)c1ccco1. The van der Waals surface area contributed by atoms with Gasteiger partial charge in [-0.2, -0.15) is 0 Å². The molecular formula is C17H23N3O3. The molecule has 0 fully saturated rings. The Balaban J connectivity index is 2.11. The summed E-state index contributed by atoms with van der Waals surface area (Å²) in [7, 11) is 0. The lowest BCUT2D eigenvalue weighted by atomic mass is 10.1. The molecule has 1 amide bonds. The average molecular weight is 317 g/mol. The van der Waals surface area contributed by atoms with Crippen molar-refractivity contribution in [3.63, 3.8) is 0 Å². The van der Waals surface area contributed by atoms with E-state index >= 15 is 0 Å². The largest absolute Gasteiger partial charge is 0.468 e. The lowest BCUT2D eigenvalue weighted by molar-refractivity contribution is 0.0928. The van der Waals surface area contributed by atoms with Gasteiger partial charge in [0.2, 0.25) is 0 Å². The number of carbonyl (C=O) groups excluding carboxylic acids is 1. The van der Waals surface area contributed by atoms with Gasteiger partial charge in [-0.15, -0.1) is 0 Å². The third-order valence-electron chi connectivity index (χ3n) is 3.88. The summed E-state index contributed by atoms with van der Waals surface area (Å²) in [5.74, 6) is 0.418. The van der Waals surface area contributed by atoms with Gasteiger partial charge in [-0.1, -0.05) is 13.8 Å². The van der Waals surface area contributed by atoms with E-state index in [1.165, 1.54) is 0 Å². The van der Waals surface area contributed by atoms with Crippen LogP contribution in [0, 0.1) is 6.92 Å². The number of aromatic amines is 1. The first-order valence-corrected chi connectivity index (χ1v) is 7.82. The molecule has 6 nitrogen and oxygen atoms in total. The van der Waals surface area contributed by atoms with Crippen molar-refractivity contribution < 1.29 is 9.21 Å². The molecule has 23 heavy (non-hydrogen) atoms. The quantitative estimate of drug-likeness (QED) is 0.819. The minimum absolute atomic E-state index is 0.0616. The van der Waals surface area contributed by atoms with Crippen LogP contribution in [0.15, 0.2) is 39.7 Å². The monoisotopic (exact) mass is 317 g/mol. The summed E-state index contributed by atoms with van der Waals surface area (Å²) in [6, 6.07) is 6.92. The molecule has 2 aromatic heterocycles. The molecule has 0 unspecified atom stereocenters. The summed E-state index contributed by atoms with van der Waals surface area (Å²) in [4.78, 5) is 29.0. The molecule has 1 atom stereocenters. The Labute approximate surface area is 135 Å². The van der Waals surface area contributed by atoms with Gasteiger partial charge in [-0.25, -0.2) is 0 Å². The average Bonchev–Trinajstić information content (AvgIpc) is 3.05. The number of carbonyl (C=O) groups is 1. The van der Waals surface area contributed by atoms with Gasteiger partial charge < -0.3 is 14.7 Å². The molecule has 2 N–H and O–H groups in total. The van der Waals surface area contributed by atoms with E-state index in [4.69, 9.17) is 4.42 Å². The van der Waals surface area contributed by atoms with E-state index in [0.717, 1.165) is 24.5 Å². The van der Waals surface area contributed by atoms with Crippen molar-refractivity contribution in [2.24, 2.45) is 0 Å². The molecule has 0 spiro atoms. The topological polar surface area (TPSA) is 78.3 Å². The Kier molecular flexibility index (Phi) is 5.76. The third kappa shape index (κ3) is 4.10. The van der Waals surface area contributed by atoms with E-state index in [-0.39, 0.29) is 23.1 Å². The Morgan fingerprint density at radius 2 is 2.04 bits per heavy atom. The molecule has 2 rings (SSSR count). The van der Waals surface area contributed by atoms with Gasteiger partial charge in [0.05, 0.1) is 12.3 Å². The van der Waals surface area contributed by atoms with E-state index < -0.39 is 0 Å². The zero-order chi connectivity index (χ0) is 16.8. The van der Waals surface area contributed by atoms with E-state index in [1.54, 1.807) is 25.3 Å². The van der Waals surface area contributed by atoms with Gasteiger partial charge in [-0.05, 0) is 44.3 Å². The summed E-state index contributed by atoms with van der Waals surface area (Å²) in [6.07, 6.45) is 1.62. The molecule has 2 aromatic rings. The summed E-state index contributed by atoms with van der Waals surface area (Å²) in [5, 5.41) is 2.84. The van der Waals surface area contributed by atoms with Gasteiger partial charge in [0.15, 0.2) is 0 Å². The van der Waals surface area contributed by atoms with Crippen LogP contribution in [0.4, 0.5) is 0 Å². The highest BCUT2D eigenvalue weighted by molar-refractivity contribution is 5.93. The van der Waals surface area contributed by atoms with Crippen molar-refractivity contribution in [2.45, 2.75) is 26.8 Å². The van der Waals surface area contributed by atoms with Crippen molar-refractivity contribution in [1.29, 1.82) is 0 Å². The van der Waals surface area contributed by atoms with Crippen LogP contribution in [0.2, 0.25) is 0 Å². The molecular weight excluding hydrogens is 294 g/mol. The number of pyridine rings is 1. The van der Waals surface area contributed by atoms with Crippen LogP contribution in [0.1, 0.15) is 41.7 Å². The summed E-state index contributed by atoms with van der Waals surface area (Å²) in [5.41, 5.74) is 0.469.